The van der Waals surface area contributed by atoms with Crippen molar-refractivity contribution in [3.05, 3.63) is 28.2 Å². The lowest BCUT2D eigenvalue weighted by Crippen LogP contribution is -2.52. The van der Waals surface area contributed by atoms with Crippen LogP contribution in [0.2, 0.25) is 10.0 Å². The zero-order valence-electron chi connectivity index (χ0n) is 13.0. The third-order valence-electron chi connectivity index (χ3n) is 3.74. The van der Waals surface area contributed by atoms with Crippen molar-refractivity contribution in [1.29, 1.82) is 0 Å². The summed E-state index contributed by atoms with van der Waals surface area (Å²) in [4.78, 5) is 0. The highest BCUT2D eigenvalue weighted by molar-refractivity contribution is 7.88. The summed E-state index contributed by atoms with van der Waals surface area (Å²) >= 11 is 11.8. The Morgan fingerprint density at radius 3 is 2.35 bits per heavy atom. The molecule has 0 radical (unpaired) electrons. The molecule has 0 heterocycles. The lowest BCUT2D eigenvalue weighted by atomic mass is 9.91. The molecule has 2 N–H and O–H groups in total. The fraction of sp³-hybridized carbons (Fsp3) is 0.600. The first-order valence-corrected chi connectivity index (χ1v) is 10.3. The molecule has 5 nitrogen and oxygen atoms in total. The predicted octanol–water partition coefficient (Wildman–Crippen LogP) is 2.82. The van der Waals surface area contributed by atoms with Gasteiger partial charge in [0.05, 0.1) is 6.26 Å². The van der Waals surface area contributed by atoms with Crippen molar-refractivity contribution in [1.82, 2.24) is 10.0 Å². The second kappa shape index (κ2) is 8.53. The fourth-order valence-electron chi connectivity index (χ4n) is 2.82. The first kappa shape index (κ1) is 18.8. The minimum Gasteiger partial charge on any atom is -0.492 e. The molecule has 23 heavy (non-hydrogen) atoms. The van der Waals surface area contributed by atoms with Gasteiger partial charge >= 0.3 is 0 Å². The summed E-state index contributed by atoms with van der Waals surface area (Å²) < 4.78 is 31.2. The van der Waals surface area contributed by atoms with E-state index in [0.717, 1.165) is 25.7 Å². The van der Waals surface area contributed by atoms with Crippen molar-refractivity contribution in [3.8, 4) is 5.75 Å². The van der Waals surface area contributed by atoms with E-state index < -0.39 is 10.0 Å². The van der Waals surface area contributed by atoms with Gasteiger partial charge in [-0.3, -0.25) is 0 Å². The van der Waals surface area contributed by atoms with E-state index in [4.69, 9.17) is 27.9 Å². The van der Waals surface area contributed by atoms with Crippen molar-refractivity contribution in [2.45, 2.75) is 37.8 Å². The number of sulfonamides is 1. The van der Waals surface area contributed by atoms with Crippen LogP contribution in [-0.2, 0) is 10.0 Å². The Bertz CT molecular complexity index is 605. The van der Waals surface area contributed by atoms with E-state index in [1.165, 1.54) is 6.26 Å². The summed E-state index contributed by atoms with van der Waals surface area (Å²) in [6, 6.07) is 5.14. The van der Waals surface area contributed by atoms with Gasteiger partial charge in [-0.1, -0.05) is 36.0 Å². The quantitative estimate of drug-likeness (QED) is 0.713. The largest absolute Gasteiger partial charge is 0.492 e. The fourth-order valence-corrected chi connectivity index (χ4v) is 4.15. The average Bonchev–Trinajstić information content (AvgIpc) is 2.42. The molecular formula is C15H22Cl2N2O3S. The van der Waals surface area contributed by atoms with Crippen LogP contribution in [0.1, 0.15) is 25.7 Å². The van der Waals surface area contributed by atoms with Crippen LogP contribution in [0.5, 0.6) is 5.75 Å². The number of hydrogen-bond donors (Lipinski definition) is 2. The van der Waals surface area contributed by atoms with Gasteiger partial charge in [-0.25, -0.2) is 13.1 Å². The van der Waals surface area contributed by atoms with E-state index in [1.54, 1.807) is 18.2 Å². The molecule has 0 spiro atoms. The number of nitrogens with one attached hydrogen (secondary N) is 2. The van der Waals surface area contributed by atoms with Crippen LogP contribution >= 0.6 is 23.2 Å². The zero-order chi connectivity index (χ0) is 16.9. The highest BCUT2D eigenvalue weighted by Crippen LogP contribution is 2.24. The van der Waals surface area contributed by atoms with E-state index in [1.807, 2.05) is 0 Å². The Hall–Kier alpha value is -0.530. The second-order valence-corrected chi connectivity index (χ2v) is 8.45. The summed E-state index contributed by atoms with van der Waals surface area (Å²) in [6.45, 7) is 1.08. The van der Waals surface area contributed by atoms with Crippen LogP contribution < -0.4 is 14.8 Å². The van der Waals surface area contributed by atoms with Crippen LogP contribution in [0.3, 0.4) is 0 Å². The third kappa shape index (κ3) is 6.85. The van der Waals surface area contributed by atoms with Crippen molar-refractivity contribution >= 4 is 33.2 Å². The molecular weight excluding hydrogens is 359 g/mol. The first-order valence-electron chi connectivity index (χ1n) is 7.63. The first-order chi connectivity index (χ1) is 10.8. The molecule has 1 aliphatic carbocycles. The van der Waals surface area contributed by atoms with E-state index in [2.05, 4.69) is 10.0 Å². The molecule has 1 aromatic carbocycles. The molecule has 8 heteroatoms. The van der Waals surface area contributed by atoms with Crippen molar-refractivity contribution < 1.29 is 13.2 Å². The maximum Gasteiger partial charge on any atom is 0.209 e. The molecule has 1 saturated carbocycles. The van der Waals surface area contributed by atoms with Gasteiger partial charge in [0.1, 0.15) is 12.4 Å². The van der Waals surface area contributed by atoms with E-state index in [0.29, 0.717) is 28.9 Å². The Morgan fingerprint density at radius 2 is 1.74 bits per heavy atom. The molecule has 1 fully saturated rings. The number of benzene rings is 1. The van der Waals surface area contributed by atoms with E-state index in [-0.39, 0.29) is 12.1 Å². The molecule has 2 atom stereocenters. The lowest BCUT2D eigenvalue weighted by Gasteiger charge is -2.32. The monoisotopic (exact) mass is 380 g/mol. The highest BCUT2D eigenvalue weighted by atomic mass is 35.5. The molecule has 1 aliphatic rings. The van der Waals surface area contributed by atoms with Crippen LogP contribution in [0.4, 0.5) is 0 Å². The maximum atomic E-state index is 11.4. The second-order valence-electron chi connectivity index (χ2n) is 5.80. The standard InChI is InChI=1S/C15H22Cl2N2O3S/c1-23(20,21)19-15-5-3-2-4-14(15)18-6-7-22-13-9-11(16)8-12(17)10-13/h8-10,14-15,18-19H,2-7H2,1H3/t14-,15+/m0/s1. The molecule has 1 aromatic rings. The predicted molar refractivity (Wildman–Crippen MR) is 94.0 cm³/mol. The Morgan fingerprint density at radius 1 is 1.13 bits per heavy atom. The minimum atomic E-state index is -3.19. The van der Waals surface area contributed by atoms with Crippen LogP contribution in [0.15, 0.2) is 18.2 Å². The smallest absolute Gasteiger partial charge is 0.209 e. The van der Waals surface area contributed by atoms with Gasteiger partial charge in [-0.2, -0.15) is 0 Å². The van der Waals surface area contributed by atoms with Crippen molar-refractivity contribution in [2.75, 3.05) is 19.4 Å². The lowest BCUT2D eigenvalue weighted by molar-refractivity contribution is 0.268. The summed E-state index contributed by atoms with van der Waals surface area (Å²) in [5.74, 6) is 0.624. The highest BCUT2D eigenvalue weighted by Gasteiger charge is 2.26. The third-order valence-corrected chi connectivity index (χ3v) is 4.91. The van der Waals surface area contributed by atoms with E-state index >= 15 is 0 Å². The van der Waals surface area contributed by atoms with Crippen molar-refractivity contribution in [2.24, 2.45) is 0 Å². The topological polar surface area (TPSA) is 67.4 Å². The summed E-state index contributed by atoms with van der Waals surface area (Å²) in [7, 11) is -3.19. The Balaban J connectivity index is 1.79. The molecule has 2 rings (SSSR count). The average molecular weight is 381 g/mol. The molecule has 0 saturated heterocycles. The van der Waals surface area contributed by atoms with Gasteiger partial charge in [-0.15, -0.1) is 0 Å². The van der Waals surface area contributed by atoms with Gasteiger partial charge in [0, 0.05) is 28.7 Å². The van der Waals surface area contributed by atoms with Gasteiger partial charge < -0.3 is 10.1 Å². The molecule has 130 valence electrons. The van der Waals surface area contributed by atoms with Crippen LogP contribution in [0.25, 0.3) is 0 Å². The van der Waals surface area contributed by atoms with Crippen LogP contribution in [0, 0.1) is 0 Å². The van der Waals surface area contributed by atoms with E-state index in [9.17, 15) is 8.42 Å². The molecule has 0 amide bonds. The molecule has 0 aliphatic heterocycles. The normalized spacial score (nSPS) is 22.0. The molecule has 0 unspecified atom stereocenters. The number of hydrogen-bond acceptors (Lipinski definition) is 4. The zero-order valence-corrected chi connectivity index (χ0v) is 15.3. The van der Waals surface area contributed by atoms with Gasteiger partial charge in [0.2, 0.25) is 10.0 Å². The SMILES string of the molecule is CS(=O)(=O)N[C@@H]1CCCC[C@@H]1NCCOc1cc(Cl)cc(Cl)c1. The van der Waals surface area contributed by atoms with Gasteiger partial charge in [0.25, 0.3) is 0 Å². The Labute approximate surface area is 147 Å². The minimum absolute atomic E-state index is 0.0561. The summed E-state index contributed by atoms with van der Waals surface area (Å²) in [6.07, 6.45) is 5.16. The molecule has 0 aromatic heterocycles. The number of halogens is 2. The summed E-state index contributed by atoms with van der Waals surface area (Å²) in [5.41, 5.74) is 0. The van der Waals surface area contributed by atoms with Gasteiger partial charge in [0.15, 0.2) is 0 Å². The number of rotatable bonds is 7. The number of ether oxygens (including phenoxy) is 1. The van der Waals surface area contributed by atoms with Gasteiger partial charge in [-0.05, 0) is 31.0 Å². The van der Waals surface area contributed by atoms with Crippen molar-refractivity contribution in [3.63, 3.8) is 0 Å². The Kier molecular flexibility index (Phi) is 6.98. The summed E-state index contributed by atoms with van der Waals surface area (Å²) in [5, 5.41) is 4.44. The maximum absolute atomic E-state index is 11.4. The molecule has 0 bridgehead atoms. The van der Waals surface area contributed by atoms with Crippen LogP contribution in [-0.4, -0.2) is 39.9 Å².